The second-order valence-electron chi connectivity index (χ2n) is 7.03. The summed E-state index contributed by atoms with van der Waals surface area (Å²) in [6.45, 7) is 0. The maximum Gasteiger partial charge on any atom is 0.270 e. The number of imidazole rings is 1. The van der Waals surface area contributed by atoms with E-state index in [1.54, 1.807) is 48.6 Å². The van der Waals surface area contributed by atoms with Crippen LogP contribution in [0.4, 0.5) is 0 Å². The van der Waals surface area contributed by atoms with Crippen LogP contribution in [0.25, 0.3) is 16.6 Å². The monoisotopic (exact) mass is 375 g/mol. The van der Waals surface area contributed by atoms with E-state index in [4.69, 9.17) is 4.74 Å². The Bertz CT molecular complexity index is 1030. The van der Waals surface area contributed by atoms with Crippen molar-refractivity contribution in [1.82, 2.24) is 19.9 Å². The third-order valence-electron chi connectivity index (χ3n) is 5.27. The third-order valence-corrected chi connectivity index (χ3v) is 5.27. The fourth-order valence-corrected chi connectivity index (χ4v) is 3.71. The van der Waals surface area contributed by atoms with Crippen molar-refractivity contribution in [3.8, 4) is 11.9 Å². The van der Waals surface area contributed by atoms with Crippen molar-refractivity contribution in [3.05, 3.63) is 54.2 Å². The van der Waals surface area contributed by atoms with Gasteiger partial charge in [-0.05, 0) is 49.3 Å². The van der Waals surface area contributed by atoms with Gasteiger partial charge in [-0.2, -0.15) is 5.26 Å². The second kappa shape index (κ2) is 7.79. The zero-order valence-electron chi connectivity index (χ0n) is 15.6. The van der Waals surface area contributed by atoms with Gasteiger partial charge in [-0.25, -0.2) is 9.97 Å². The molecule has 0 atom stereocenters. The van der Waals surface area contributed by atoms with Crippen LogP contribution in [0.5, 0.6) is 0 Å². The number of fused-ring (bicyclic) bond motifs is 1. The smallest absolute Gasteiger partial charge is 0.270 e. The molecule has 1 aliphatic carbocycles. The van der Waals surface area contributed by atoms with E-state index in [1.807, 2.05) is 6.07 Å². The number of pyridine rings is 1. The highest BCUT2D eigenvalue weighted by Gasteiger charge is 2.24. The van der Waals surface area contributed by atoms with E-state index in [0.29, 0.717) is 17.1 Å². The van der Waals surface area contributed by atoms with Gasteiger partial charge in [0.25, 0.3) is 5.91 Å². The quantitative estimate of drug-likeness (QED) is 0.757. The zero-order valence-corrected chi connectivity index (χ0v) is 15.6. The molecule has 0 radical (unpaired) electrons. The molecule has 1 saturated carbocycles. The Balaban J connectivity index is 1.68. The number of benzene rings is 1. The Labute approximate surface area is 163 Å². The van der Waals surface area contributed by atoms with E-state index < -0.39 is 0 Å². The summed E-state index contributed by atoms with van der Waals surface area (Å²) in [6.07, 6.45) is 9.01. The van der Waals surface area contributed by atoms with Gasteiger partial charge in [0.1, 0.15) is 17.8 Å². The summed E-state index contributed by atoms with van der Waals surface area (Å²) in [4.78, 5) is 21.7. The molecule has 1 amide bonds. The average Bonchev–Trinajstić information content (AvgIpc) is 3.28. The molecule has 0 unspecified atom stereocenters. The maximum absolute atomic E-state index is 13.1. The normalized spacial score (nSPS) is 19.3. The highest BCUT2D eigenvalue weighted by molar-refractivity contribution is 6.06. The molecular formula is C21H21N5O2. The second-order valence-corrected chi connectivity index (χ2v) is 7.03. The summed E-state index contributed by atoms with van der Waals surface area (Å²) in [5.74, 6) is 0.394. The predicted octanol–water partition coefficient (Wildman–Crippen LogP) is 2.98. The lowest BCUT2D eigenvalue weighted by molar-refractivity contribution is 0.0598. The lowest BCUT2D eigenvalue weighted by atomic mass is 9.93. The number of nitrogens with zero attached hydrogens (tertiary/aromatic N) is 4. The van der Waals surface area contributed by atoms with Crippen LogP contribution in [0.15, 0.2) is 43.0 Å². The first-order valence-electron chi connectivity index (χ1n) is 9.35. The highest BCUT2D eigenvalue weighted by atomic mass is 16.5. The summed E-state index contributed by atoms with van der Waals surface area (Å²) in [7, 11) is 1.73. The lowest BCUT2D eigenvalue weighted by Crippen LogP contribution is -2.39. The Kier molecular flexibility index (Phi) is 5.04. The number of amides is 1. The van der Waals surface area contributed by atoms with E-state index in [1.165, 1.54) is 0 Å². The molecule has 28 heavy (non-hydrogen) atoms. The number of ether oxygens (including phenoxy) is 1. The molecule has 1 fully saturated rings. The van der Waals surface area contributed by atoms with Crippen molar-refractivity contribution in [2.75, 3.05) is 7.11 Å². The topological polar surface area (TPSA) is 92.8 Å². The molecule has 7 heteroatoms. The van der Waals surface area contributed by atoms with Gasteiger partial charge in [0, 0.05) is 30.9 Å². The summed E-state index contributed by atoms with van der Waals surface area (Å²) >= 11 is 0. The summed E-state index contributed by atoms with van der Waals surface area (Å²) < 4.78 is 7.15. The van der Waals surface area contributed by atoms with Gasteiger partial charge in [0.05, 0.1) is 17.7 Å². The Morgan fingerprint density at radius 1 is 1.29 bits per heavy atom. The first-order valence-corrected chi connectivity index (χ1v) is 9.35. The number of hydrogen-bond acceptors (Lipinski definition) is 5. The van der Waals surface area contributed by atoms with E-state index in [0.717, 1.165) is 36.5 Å². The number of carbonyl (C=O) groups is 1. The Hall–Kier alpha value is -3.24. The summed E-state index contributed by atoms with van der Waals surface area (Å²) in [6, 6.07) is 9.39. The molecule has 0 aliphatic heterocycles. The van der Waals surface area contributed by atoms with Crippen LogP contribution in [0.1, 0.15) is 41.7 Å². The minimum absolute atomic E-state index is 0.117. The summed E-state index contributed by atoms with van der Waals surface area (Å²) in [5, 5.41) is 13.9. The van der Waals surface area contributed by atoms with Crippen LogP contribution in [0.3, 0.4) is 0 Å². The molecule has 2 heterocycles. The van der Waals surface area contributed by atoms with Crippen molar-refractivity contribution < 1.29 is 9.53 Å². The highest BCUT2D eigenvalue weighted by Crippen LogP contribution is 2.24. The molecule has 0 saturated heterocycles. The molecule has 0 spiro atoms. The summed E-state index contributed by atoms with van der Waals surface area (Å²) in [5.41, 5.74) is 0.902. The van der Waals surface area contributed by atoms with Gasteiger partial charge in [-0.1, -0.05) is 6.07 Å². The SMILES string of the molecule is CO[C@H]1CC[C@H](NC(=O)c2nc(-n3ccnc3)cc3cc(C#N)ccc23)CC1. The number of methoxy groups -OCH3 is 1. The number of carbonyl (C=O) groups excluding carboxylic acids is 1. The van der Waals surface area contributed by atoms with Gasteiger partial charge >= 0.3 is 0 Å². The molecule has 142 valence electrons. The van der Waals surface area contributed by atoms with E-state index in [9.17, 15) is 10.1 Å². The molecule has 1 aliphatic rings. The number of aromatic nitrogens is 3. The van der Waals surface area contributed by atoms with Gasteiger partial charge in [-0.15, -0.1) is 0 Å². The van der Waals surface area contributed by atoms with Crippen LogP contribution < -0.4 is 5.32 Å². The van der Waals surface area contributed by atoms with Gasteiger partial charge in [0.15, 0.2) is 0 Å². The van der Waals surface area contributed by atoms with E-state index >= 15 is 0 Å². The van der Waals surface area contributed by atoms with Crippen LogP contribution in [0, 0.1) is 11.3 Å². The van der Waals surface area contributed by atoms with Gasteiger partial charge < -0.3 is 10.1 Å². The zero-order chi connectivity index (χ0) is 19.5. The maximum atomic E-state index is 13.1. The van der Waals surface area contributed by atoms with Crippen LogP contribution in [-0.2, 0) is 4.74 Å². The van der Waals surface area contributed by atoms with Crippen molar-refractivity contribution in [2.24, 2.45) is 0 Å². The van der Waals surface area contributed by atoms with Crippen molar-refractivity contribution in [2.45, 2.75) is 37.8 Å². The first-order chi connectivity index (χ1) is 13.7. The first kappa shape index (κ1) is 18.1. The number of hydrogen-bond donors (Lipinski definition) is 1. The molecule has 1 aromatic carbocycles. The fraction of sp³-hybridized carbons (Fsp3) is 0.333. The van der Waals surface area contributed by atoms with E-state index in [-0.39, 0.29) is 18.1 Å². The number of nitrogens with one attached hydrogen (secondary N) is 1. The number of rotatable bonds is 4. The van der Waals surface area contributed by atoms with E-state index in [2.05, 4.69) is 21.4 Å². The average molecular weight is 375 g/mol. The molecule has 4 rings (SSSR count). The minimum atomic E-state index is -0.197. The van der Waals surface area contributed by atoms with Gasteiger partial charge in [-0.3, -0.25) is 9.36 Å². The Morgan fingerprint density at radius 3 is 2.79 bits per heavy atom. The molecule has 1 N–H and O–H groups in total. The lowest BCUT2D eigenvalue weighted by Gasteiger charge is -2.28. The number of nitriles is 1. The van der Waals surface area contributed by atoms with Crippen molar-refractivity contribution >= 4 is 16.7 Å². The van der Waals surface area contributed by atoms with Gasteiger partial charge in [0.2, 0.25) is 0 Å². The third kappa shape index (κ3) is 3.59. The largest absolute Gasteiger partial charge is 0.381 e. The fourth-order valence-electron chi connectivity index (χ4n) is 3.71. The molecule has 0 bridgehead atoms. The van der Waals surface area contributed by atoms with Crippen LogP contribution in [0.2, 0.25) is 0 Å². The minimum Gasteiger partial charge on any atom is -0.381 e. The van der Waals surface area contributed by atoms with Crippen LogP contribution in [-0.4, -0.2) is 39.7 Å². The molecule has 2 aromatic heterocycles. The van der Waals surface area contributed by atoms with Crippen molar-refractivity contribution in [1.29, 1.82) is 5.26 Å². The molecule has 3 aromatic rings. The van der Waals surface area contributed by atoms with Crippen molar-refractivity contribution in [3.63, 3.8) is 0 Å². The van der Waals surface area contributed by atoms with Crippen LogP contribution >= 0.6 is 0 Å². The standard InChI is InChI=1S/C21H21N5O2/c1-28-17-5-3-16(4-6-17)24-21(27)20-18-7-2-14(12-22)10-15(18)11-19(25-20)26-9-8-23-13-26/h2,7-11,13,16-17H,3-6H2,1H3,(H,24,27)/t16-,17-. The Morgan fingerprint density at radius 2 is 2.11 bits per heavy atom. The molecule has 7 nitrogen and oxygen atoms in total. The molecular weight excluding hydrogens is 354 g/mol. The predicted molar refractivity (Wildman–Crippen MR) is 104 cm³/mol.